The standard InChI is InChI=1S/C20H19FN2O3S/c1-13(20-22-16-9-5-6-10-17(16)27-20)23(2)18(24)12-26-19(25)11-14-7-3-4-8-15(14)21/h3-10,13H,11-12H2,1-2H3/t13-/m0/s1. The molecule has 7 heteroatoms. The lowest BCUT2D eigenvalue weighted by Gasteiger charge is -2.23. The second kappa shape index (κ2) is 8.26. The molecule has 2 aromatic carbocycles. The Kier molecular flexibility index (Phi) is 5.81. The molecule has 1 amide bonds. The summed E-state index contributed by atoms with van der Waals surface area (Å²) in [5, 5.41) is 0.810. The molecule has 0 bridgehead atoms. The highest BCUT2D eigenvalue weighted by atomic mass is 32.1. The number of hydrogen-bond donors (Lipinski definition) is 0. The van der Waals surface area contributed by atoms with Crippen molar-refractivity contribution in [3.8, 4) is 0 Å². The summed E-state index contributed by atoms with van der Waals surface area (Å²) < 4.78 is 19.6. The first-order valence-electron chi connectivity index (χ1n) is 8.46. The largest absolute Gasteiger partial charge is 0.455 e. The van der Waals surface area contributed by atoms with Gasteiger partial charge in [-0.05, 0) is 30.7 Å². The van der Waals surface area contributed by atoms with Crippen LogP contribution in [0.4, 0.5) is 4.39 Å². The predicted octanol–water partition coefficient (Wildman–Crippen LogP) is 3.74. The number of likely N-dealkylation sites (N-methyl/N-ethyl adjacent to an activating group) is 1. The van der Waals surface area contributed by atoms with Crippen LogP contribution in [0.2, 0.25) is 0 Å². The number of amides is 1. The number of halogens is 1. The van der Waals surface area contributed by atoms with Crippen LogP contribution in [-0.2, 0) is 20.7 Å². The van der Waals surface area contributed by atoms with Crippen molar-refractivity contribution in [3.05, 3.63) is 64.9 Å². The van der Waals surface area contributed by atoms with Crippen molar-refractivity contribution < 1.29 is 18.7 Å². The number of carbonyl (C=O) groups excluding carboxylic acids is 2. The van der Waals surface area contributed by atoms with Gasteiger partial charge in [0.1, 0.15) is 10.8 Å². The van der Waals surface area contributed by atoms with Crippen molar-refractivity contribution in [2.24, 2.45) is 0 Å². The van der Waals surface area contributed by atoms with Crippen LogP contribution in [0.1, 0.15) is 23.5 Å². The number of hydrogen-bond acceptors (Lipinski definition) is 5. The Morgan fingerprint density at radius 2 is 1.89 bits per heavy atom. The van der Waals surface area contributed by atoms with E-state index in [1.807, 2.05) is 31.2 Å². The molecule has 0 aliphatic rings. The van der Waals surface area contributed by atoms with E-state index in [0.29, 0.717) is 0 Å². The molecule has 140 valence electrons. The van der Waals surface area contributed by atoms with E-state index < -0.39 is 11.8 Å². The second-order valence-electron chi connectivity index (χ2n) is 6.13. The number of thiazole rings is 1. The summed E-state index contributed by atoms with van der Waals surface area (Å²) in [7, 11) is 1.64. The highest BCUT2D eigenvalue weighted by Crippen LogP contribution is 2.28. The van der Waals surface area contributed by atoms with Crippen molar-refractivity contribution in [2.45, 2.75) is 19.4 Å². The highest BCUT2D eigenvalue weighted by molar-refractivity contribution is 7.18. The maximum Gasteiger partial charge on any atom is 0.310 e. The normalized spacial score (nSPS) is 12.0. The van der Waals surface area contributed by atoms with Crippen molar-refractivity contribution in [1.82, 2.24) is 9.88 Å². The third-order valence-corrected chi connectivity index (χ3v) is 5.50. The molecular formula is C20H19FN2O3S. The van der Waals surface area contributed by atoms with Gasteiger partial charge in [0.2, 0.25) is 0 Å². The second-order valence-corrected chi connectivity index (χ2v) is 7.19. The summed E-state index contributed by atoms with van der Waals surface area (Å²) in [6, 6.07) is 13.5. The SMILES string of the molecule is C[C@@H](c1nc2ccccc2s1)N(C)C(=O)COC(=O)Cc1ccccc1F. The lowest BCUT2D eigenvalue weighted by atomic mass is 10.1. The van der Waals surface area contributed by atoms with Gasteiger partial charge in [-0.3, -0.25) is 9.59 Å². The fourth-order valence-corrected chi connectivity index (χ4v) is 3.61. The first kappa shape index (κ1) is 19.0. The Morgan fingerprint density at radius 3 is 2.63 bits per heavy atom. The lowest BCUT2D eigenvalue weighted by Crippen LogP contribution is -2.33. The van der Waals surface area contributed by atoms with Crippen LogP contribution in [0.3, 0.4) is 0 Å². The van der Waals surface area contributed by atoms with E-state index in [9.17, 15) is 14.0 Å². The van der Waals surface area contributed by atoms with Crippen LogP contribution < -0.4 is 0 Å². The number of ether oxygens (including phenoxy) is 1. The molecule has 1 heterocycles. The Hall–Kier alpha value is -2.80. The smallest absolute Gasteiger partial charge is 0.310 e. The number of esters is 1. The van der Waals surface area contributed by atoms with Gasteiger partial charge < -0.3 is 9.64 Å². The van der Waals surface area contributed by atoms with Gasteiger partial charge in [0.05, 0.1) is 22.7 Å². The summed E-state index contributed by atoms with van der Waals surface area (Å²) >= 11 is 1.52. The van der Waals surface area contributed by atoms with E-state index >= 15 is 0 Å². The third kappa shape index (κ3) is 4.49. The van der Waals surface area contributed by atoms with Crippen molar-refractivity contribution >= 4 is 33.4 Å². The van der Waals surface area contributed by atoms with Gasteiger partial charge in [-0.15, -0.1) is 11.3 Å². The molecular weight excluding hydrogens is 367 g/mol. The van der Waals surface area contributed by atoms with E-state index in [1.165, 1.54) is 28.4 Å². The number of rotatable bonds is 6. The average molecular weight is 386 g/mol. The maximum atomic E-state index is 13.6. The minimum atomic E-state index is -0.644. The summed E-state index contributed by atoms with van der Waals surface area (Å²) in [5.41, 5.74) is 1.13. The summed E-state index contributed by atoms with van der Waals surface area (Å²) in [6.45, 7) is 1.48. The maximum absolute atomic E-state index is 13.6. The zero-order chi connectivity index (χ0) is 19.4. The van der Waals surface area contributed by atoms with Gasteiger partial charge in [0.25, 0.3) is 5.91 Å². The monoisotopic (exact) mass is 386 g/mol. The zero-order valence-corrected chi connectivity index (χ0v) is 15.8. The fraction of sp³-hybridized carbons (Fsp3) is 0.250. The Labute approximate surface area is 160 Å². The fourth-order valence-electron chi connectivity index (χ4n) is 2.54. The van der Waals surface area contributed by atoms with E-state index in [1.54, 1.807) is 19.2 Å². The molecule has 0 aliphatic heterocycles. The van der Waals surface area contributed by atoms with Gasteiger partial charge in [0.15, 0.2) is 6.61 Å². The van der Waals surface area contributed by atoms with Crippen LogP contribution in [0.15, 0.2) is 48.5 Å². The first-order chi connectivity index (χ1) is 13.0. The third-order valence-electron chi connectivity index (χ3n) is 4.29. The Balaban J connectivity index is 1.56. The minimum absolute atomic E-state index is 0.211. The number of para-hydroxylation sites is 1. The van der Waals surface area contributed by atoms with E-state index in [2.05, 4.69) is 4.98 Å². The average Bonchev–Trinajstić information content (AvgIpc) is 3.11. The predicted molar refractivity (Wildman–Crippen MR) is 102 cm³/mol. The molecule has 3 aromatic rings. The molecule has 0 spiro atoms. The Morgan fingerprint density at radius 1 is 1.19 bits per heavy atom. The summed E-state index contributed by atoms with van der Waals surface area (Å²) in [5.74, 6) is -1.46. The topological polar surface area (TPSA) is 59.5 Å². The highest BCUT2D eigenvalue weighted by Gasteiger charge is 2.22. The van der Waals surface area contributed by atoms with Crippen LogP contribution in [0.5, 0.6) is 0 Å². The molecule has 0 saturated carbocycles. The van der Waals surface area contributed by atoms with Gasteiger partial charge >= 0.3 is 5.97 Å². The molecule has 0 fully saturated rings. The number of carbonyl (C=O) groups is 2. The van der Waals surface area contributed by atoms with E-state index in [-0.39, 0.29) is 30.5 Å². The van der Waals surface area contributed by atoms with Crippen molar-refractivity contribution in [3.63, 3.8) is 0 Å². The summed E-state index contributed by atoms with van der Waals surface area (Å²) in [6.07, 6.45) is -0.211. The molecule has 27 heavy (non-hydrogen) atoms. The molecule has 5 nitrogen and oxygen atoms in total. The van der Waals surface area contributed by atoms with Crippen LogP contribution in [0.25, 0.3) is 10.2 Å². The Bertz CT molecular complexity index is 940. The molecule has 0 saturated heterocycles. The van der Waals surface area contributed by atoms with Crippen molar-refractivity contribution in [1.29, 1.82) is 0 Å². The van der Waals surface area contributed by atoms with Gasteiger partial charge in [0, 0.05) is 7.05 Å². The van der Waals surface area contributed by atoms with Gasteiger partial charge in [-0.25, -0.2) is 9.37 Å². The molecule has 3 rings (SSSR count). The number of nitrogens with zero attached hydrogens (tertiary/aromatic N) is 2. The molecule has 1 aromatic heterocycles. The van der Waals surface area contributed by atoms with Crippen LogP contribution in [0, 0.1) is 5.82 Å². The number of aromatic nitrogens is 1. The molecule has 0 radical (unpaired) electrons. The molecule has 0 N–H and O–H groups in total. The molecule has 1 atom stereocenters. The minimum Gasteiger partial charge on any atom is -0.455 e. The van der Waals surface area contributed by atoms with Gasteiger partial charge in [-0.2, -0.15) is 0 Å². The van der Waals surface area contributed by atoms with Crippen molar-refractivity contribution in [2.75, 3.05) is 13.7 Å². The summed E-state index contributed by atoms with van der Waals surface area (Å²) in [4.78, 5) is 30.3. The van der Waals surface area contributed by atoms with Gasteiger partial charge in [-0.1, -0.05) is 30.3 Å². The van der Waals surface area contributed by atoms with Crippen LogP contribution in [-0.4, -0.2) is 35.4 Å². The first-order valence-corrected chi connectivity index (χ1v) is 9.27. The van der Waals surface area contributed by atoms with E-state index in [0.717, 1.165) is 15.2 Å². The number of benzene rings is 2. The quantitative estimate of drug-likeness (QED) is 0.606. The zero-order valence-electron chi connectivity index (χ0n) is 15.0. The molecule has 0 aliphatic carbocycles. The number of fused-ring (bicyclic) bond motifs is 1. The van der Waals surface area contributed by atoms with Crippen LogP contribution >= 0.6 is 11.3 Å². The van der Waals surface area contributed by atoms with E-state index in [4.69, 9.17) is 4.74 Å². The molecule has 0 unspecified atom stereocenters. The lowest BCUT2D eigenvalue weighted by molar-refractivity contribution is -0.151.